The third-order valence-electron chi connectivity index (χ3n) is 4.70. The Hall–Kier alpha value is -3.26. The van der Waals surface area contributed by atoms with E-state index in [9.17, 15) is 19.7 Å². The summed E-state index contributed by atoms with van der Waals surface area (Å²) in [6.07, 6.45) is -0.497. The molecule has 2 aromatic rings. The number of nitro benzene ring substituents is 1. The molecule has 1 N–H and O–H groups in total. The maximum absolute atomic E-state index is 12.9. The van der Waals surface area contributed by atoms with E-state index in [2.05, 4.69) is 5.32 Å². The lowest BCUT2D eigenvalue weighted by Gasteiger charge is -2.31. The number of nitrogens with zero attached hydrogens (tertiary/aromatic N) is 2. The zero-order valence-corrected chi connectivity index (χ0v) is 14.9. The first-order valence-corrected chi connectivity index (χ1v) is 8.58. The average Bonchev–Trinajstić information content (AvgIpc) is 2.82. The summed E-state index contributed by atoms with van der Waals surface area (Å²) in [4.78, 5) is 35.7. The molecule has 140 valence electrons. The second-order valence-electron chi connectivity index (χ2n) is 6.46. The Labute approximate surface area is 156 Å². The molecule has 0 aromatic heterocycles. The third kappa shape index (κ3) is 3.95. The summed E-state index contributed by atoms with van der Waals surface area (Å²) in [5.41, 5.74) is 1.76. The Morgan fingerprint density at radius 3 is 2.63 bits per heavy atom. The number of fused-ring (bicyclic) bond motifs is 1. The van der Waals surface area contributed by atoms with Gasteiger partial charge in [0.25, 0.3) is 11.6 Å². The van der Waals surface area contributed by atoms with E-state index >= 15 is 0 Å². The van der Waals surface area contributed by atoms with Gasteiger partial charge in [-0.05, 0) is 18.6 Å². The normalized spacial score (nSPS) is 18.8. The SMILES string of the molecule is CC[N+]1(C(=O)OCc2ccccc2)CC(=O)Nc2cc([N+](=O)[O-])ccc2C1. The second-order valence-corrected chi connectivity index (χ2v) is 6.46. The molecule has 0 saturated heterocycles. The maximum atomic E-state index is 12.9. The monoisotopic (exact) mass is 370 g/mol. The van der Waals surface area contributed by atoms with Crippen LogP contribution in [0.15, 0.2) is 48.5 Å². The molecule has 2 aromatic carbocycles. The number of carbonyl (C=O) groups excluding carboxylic acids is 2. The minimum Gasteiger partial charge on any atom is -0.415 e. The molecule has 0 bridgehead atoms. The van der Waals surface area contributed by atoms with Crippen LogP contribution in [0.5, 0.6) is 0 Å². The predicted octanol–water partition coefficient (Wildman–Crippen LogP) is 3.22. The number of carbonyl (C=O) groups is 2. The smallest absolute Gasteiger partial charge is 0.415 e. The number of likely N-dealkylation sites (N-methyl/N-ethyl adjacent to an activating group) is 1. The van der Waals surface area contributed by atoms with Crippen molar-refractivity contribution in [3.63, 3.8) is 0 Å². The summed E-state index contributed by atoms with van der Waals surface area (Å²) in [7, 11) is 0. The van der Waals surface area contributed by atoms with Crippen LogP contribution >= 0.6 is 0 Å². The average molecular weight is 370 g/mol. The quantitative estimate of drug-likeness (QED) is 0.506. The van der Waals surface area contributed by atoms with Crippen molar-refractivity contribution in [3.05, 3.63) is 69.8 Å². The molecule has 1 heterocycles. The summed E-state index contributed by atoms with van der Waals surface area (Å²) in [5, 5.41) is 13.6. The van der Waals surface area contributed by atoms with Gasteiger partial charge in [0.2, 0.25) is 0 Å². The van der Waals surface area contributed by atoms with Crippen molar-refractivity contribution in [2.75, 3.05) is 18.4 Å². The molecule has 1 unspecified atom stereocenters. The molecule has 0 radical (unpaired) electrons. The number of nitrogens with one attached hydrogen (secondary N) is 1. The molecule has 1 aliphatic heterocycles. The molecule has 1 aliphatic rings. The number of rotatable bonds is 4. The fraction of sp³-hybridized carbons (Fsp3) is 0.263. The molecule has 27 heavy (non-hydrogen) atoms. The predicted molar refractivity (Wildman–Crippen MR) is 97.7 cm³/mol. The standard InChI is InChI=1S/C19H19N3O5/c1-2-22(19(24)27-13-14-6-4-3-5-7-14)11-15-8-9-16(21(25)26)10-17(15)20-18(23)12-22/h3-10H,2,11-13H2,1H3/p+1. The minimum atomic E-state index is -0.520. The lowest BCUT2D eigenvalue weighted by atomic mass is 10.1. The number of quaternary nitrogens is 1. The van der Waals surface area contributed by atoms with E-state index in [1.807, 2.05) is 37.3 Å². The summed E-state index contributed by atoms with van der Waals surface area (Å²) in [6, 6.07) is 13.6. The number of non-ortho nitro benzene ring substituents is 1. The van der Waals surface area contributed by atoms with Crippen LogP contribution in [0.2, 0.25) is 0 Å². The van der Waals surface area contributed by atoms with Gasteiger partial charge in [0.15, 0.2) is 6.54 Å². The molecule has 0 fully saturated rings. The number of hydrogen-bond donors (Lipinski definition) is 1. The van der Waals surface area contributed by atoms with Crippen molar-refractivity contribution in [2.45, 2.75) is 20.1 Å². The molecular weight excluding hydrogens is 350 g/mol. The number of amides is 2. The van der Waals surface area contributed by atoms with Crippen LogP contribution in [0.1, 0.15) is 18.1 Å². The van der Waals surface area contributed by atoms with Crippen molar-refractivity contribution in [1.29, 1.82) is 0 Å². The molecular formula is C19H20N3O5+. The van der Waals surface area contributed by atoms with Gasteiger partial charge < -0.3 is 10.1 Å². The lowest BCUT2D eigenvalue weighted by Crippen LogP contribution is -2.54. The highest BCUT2D eigenvalue weighted by molar-refractivity contribution is 5.94. The van der Waals surface area contributed by atoms with Gasteiger partial charge in [0.05, 0.1) is 17.2 Å². The first-order chi connectivity index (χ1) is 12.9. The number of ether oxygens (including phenoxy) is 1. The topological polar surface area (TPSA) is 98.5 Å². The Morgan fingerprint density at radius 1 is 1.22 bits per heavy atom. The van der Waals surface area contributed by atoms with Crippen molar-refractivity contribution < 1.29 is 23.7 Å². The molecule has 8 nitrogen and oxygen atoms in total. The van der Waals surface area contributed by atoms with Crippen molar-refractivity contribution >= 4 is 23.4 Å². The van der Waals surface area contributed by atoms with Gasteiger partial charge in [-0.1, -0.05) is 30.3 Å². The van der Waals surface area contributed by atoms with Crippen LogP contribution in [0.25, 0.3) is 0 Å². The highest BCUT2D eigenvalue weighted by Crippen LogP contribution is 2.29. The fourth-order valence-corrected chi connectivity index (χ4v) is 3.12. The molecule has 3 rings (SSSR count). The van der Waals surface area contributed by atoms with Gasteiger partial charge in [-0.2, -0.15) is 4.79 Å². The molecule has 1 atom stereocenters. The van der Waals surface area contributed by atoms with Gasteiger partial charge in [-0.25, -0.2) is 4.48 Å². The summed E-state index contributed by atoms with van der Waals surface area (Å²) in [5.74, 6) is -0.382. The van der Waals surface area contributed by atoms with E-state index in [1.165, 1.54) is 12.1 Å². The molecule has 8 heteroatoms. The van der Waals surface area contributed by atoms with Crippen molar-refractivity contribution in [3.8, 4) is 0 Å². The van der Waals surface area contributed by atoms with E-state index < -0.39 is 11.0 Å². The molecule has 0 spiro atoms. The van der Waals surface area contributed by atoms with E-state index in [-0.39, 0.29) is 35.8 Å². The van der Waals surface area contributed by atoms with Gasteiger partial charge in [-0.3, -0.25) is 14.9 Å². The highest BCUT2D eigenvalue weighted by Gasteiger charge is 2.42. The second kappa shape index (κ2) is 7.55. The van der Waals surface area contributed by atoms with E-state index in [0.29, 0.717) is 17.8 Å². The molecule has 2 amide bonds. The van der Waals surface area contributed by atoms with Crippen LogP contribution in [0, 0.1) is 10.1 Å². The lowest BCUT2D eigenvalue weighted by molar-refractivity contribution is -0.861. The zero-order valence-electron chi connectivity index (χ0n) is 14.9. The van der Waals surface area contributed by atoms with Crippen LogP contribution in [0.3, 0.4) is 0 Å². The minimum absolute atomic E-state index is 0.0907. The summed E-state index contributed by atoms with van der Waals surface area (Å²) < 4.78 is 5.28. The number of anilines is 1. The first kappa shape index (κ1) is 18.5. The van der Waals surface area contributed by atoms with Crippen LogP contribution < -0.4 is 5.32 Å². The van der Waals surface area contributed by atoms with E-state index in [0.717, 1.165) is 5.56 Å². The summed E-state index contributed by atoms with van der Waals surface area (Å²) in [6.45, 7) is 2.42. The zero-order chi connectivity index (χ0) is 19.4. The number of nitro groups is 1. The van der Waals surface area contributed by atoms with E-state index in [1.54, 1.807) is 6.07 Å². The van der Waals surface area contributed by atoms with E-state index in [4.69, 9.17) is 4.74 Å². The van der Waals surface area contributed by atoms with Gasteiger partial charge in [0, 0.05) is 17.7 Å². The van der Waals surface area contributed by atoms with Crippen molar-refractivity contribution in [2.24, 2.45) is 0 Å². The van der Waals surface area contributed by atoms with Crippen LogP contribution in [-0.2, 0) is 22.7 Å². The third-order valence-corrected chi connectivity index (χ3v) is 4.70. The number of hydrogen-bond acceptors (Lipinski definition) is 5. The summed E-state index contributed by atoms with van der Waals surface area (Å²) >= 11 is 0. The Balaban J connectivity index is 1.86. The highest BCUT2D eigenvalue weighted by atomic mass is 16.6. The number of benzene rings is 2. The van der Waals surface area contributed by atoms with Gasteiger partial charge in [-0.15, -0.1) is 0 Å². The largest absolute Gasteiger partial charge is 0.517 e. The Kier molecular flexibility index (Phi) is 5.18. The van der Waals surface area contributed by atoms with Gasteiger partial charge >= 0.3 is 6.09 Å². The van der Waals surface area contributed by atoms with Crippen LogP contribution in [0.4, 0.5) is 16.2 Å². The fourth-order valence-electron chi connectivity index (χ4n) is 3.12. The first-order valence-electron chi connectivity index (χ1n) is 8.58. The maximum Gasteiger partial charge on any atom is 0.517 e. The Morgan fingerprint density at radius 2 is 1.96 bits per heavy atom. The Bertz CT molecular complexity index is 884. The van der Waals surface area contributed by atoms with Crippen LogP contribution in [-0.4, -0.2) is 34.5 Å². The van der Waals surface area contributed by atoms with Crippen molar-refractivity contribution in [1.82, 2.24) is 0 Å². The molecule has 0 saturated carbocycles. The molecule has 0 aliphatic carbocycles. The van der Waals surface area contributed by atoms with Gasteiger partial charge in [0.1, 0.15) is 13.2 Å².